The molecule has 1 heterocycles. The van der Waals surface area contributed by atoms with Crippen molar-refractivity contribution in [1.29, 1.82) is 0 Å². The molecule has 10 heteroatoms. The number of carboxylic acid groups (broad SMARTS) is 1. The Balaban J connectivity index is 2.57. The molecule has 1 amide bonds. The molecule has 0 aromatic carbocycles. The molecule has 0 bridgehead atoms. The van der Waals surface area contributed by atoms with Gasteiger partial charge in [0.15, 0.2) is 0 Å². The number of nitrogens with zero attached hydrogens (tertiary/aromatic N) is 3. The molecule has 0 aliphatic rings. The Morgan fingerprint density at radius 1 is 1.47 bits per heavy atom. The van der Waals surface area contributed by atoms with Gasteiger partial charge in [-0.2, -0.15) is 13.2 Å². The average molecular weight is 252 g/mol. The van der Waals surface area contributed by atoms with Gasteiger partial charge >= 0.3 is 18.1 Å². The number of anilines is 1. The van der Waals surface area contributed by atoms with Gasteiger partial charge in [0.25, 0.3) is 0 Å². The summed E-state index contributed by atoms with van der Waals surface area (Å²) in [4.78, 5) is 24.1. The maximum atomic E-state index is 11.8. The average Bonchev–Trinajstić information content (AvgIpc) is 2.61. The lowest BCUT2D eigenvalue weighted by Gasteiger charge is -2.03. The highest BCUT2D eigenvalue weighted by Gasteiger charge is 2.39. The smallest absolute Gasteiger partial charge is 0.471 e. The van der Waals surface area contributed by atoms with Crippen molar-refractivity contribution in [2.24, 2.45) is 0 Å². The van der Waals surface area contributed by atoms with Crippen LogP contribution in [-0.4, -0.2) is 37.9 Å². The second kappa shape index (κ2) is 4.80. The molecule has 0 aliphatic heterocycles. The van der Waals surface area contributed by atoms with E-state index in [0.29, 0.717) is 0 Å². The van der Waals surface area contributed by atoms with Gasteiger partial charge in [-0.3, -0.25) is 19.6 Å². The molecule has 0 unspecified atom stereocenters. The predicted molar refractivity (Wildman–Crippen MR) is 47.0 cm³/mol. The highest BCUT2D eigenvalue weighted by atomic mass is 19.4. The number of aryl methyl sites for hydroxylation is 1. The molecule has 2 N–H and O–H groups in total. The summed E-state index contributed by atoms with van der Waals surface area (Å²) in [6.45, 7) is -0.0514. The lowest BCUT2D eigenvalue weighted by atomic mass is 10.4. The van der Waals surface area contributed by atoms with Crippen molar-refractivity contribution in [3.63, 3.8) is 0 Å². The van der Waals surface area contributed by atoms with Crippen molar-refractivity contribution in [3.05, 3.63) is 6.33 Å². The van der Waals surface area contributed by atoms with E-state index in [2.05, 4.69) is 10.1 Å². The Hall–Kier alpha value is -2.13. The number of aliphatic carboxylic acids is 1. The number of aromatic nitrogens is 3. The van der Waals surface area contributed by atoms with Crippen LogP contribution in [0.4, 0.5) is 19.1 Å². The van der Waals surface area contributed by atoms with Crippen molar-refractivity contribution in [2.45, 2.75) is 19.1 Å². The molecule has 0 atom stereocenters. The molecule has 17 heavy (non-hydrogen) atoms. The van der Waals surface area contributed by atoms with Gasteiger partial charge in [0.05, 0.1) is 13.0 Å². The van der Waals surface area contributed by atoms with Crippen LogP contribution in [0, 0.1) is 0 Å². The third-order valence-corrected chi connectivity index (χ3v) is 1.57. The highest BCUT2D eigenvalue weighted by Crippen LogP contribution is 2.16. The fourth-order valence-corrected chi connectivity index (χ4v) is 0.842. The van der Waals surface area contributed by atoms with Crippen LogP contribution < -0.4 is 5.32 Å². The SMILES string of the molecule is O=C(O)CCn1cnc(NC(=O)C(F)(F)F)n1. The van der Waals surface area contributed by atoms with Gasteiger partial charge in [0.2, 0.25) is 5.95 Å². The largest absolute Gasteiger partial charge is 0.481 e. The van der Waals surface area contributed by atoms with Crippen LogP contribution >= 0.6 is 0 Å². The van der Waals surface area contributed by atoms with Crippen LogP contribution in [0.15, 0.2) is 6.33 Å². The van der Waals surface area contributed by atoms with E-state index in [1.165, 1.54) is 5.32 Å². The molecule has 94 valence electrons. The lowest BCUT2D eigenvalue weighted by Crippen LogP contribution is -2.30. The molecule has 0 saturated heterocycles. The number of halogens is 3. The minimum absolute atomic E-state index is 0.0514. The van der Waals surface area contributed by atoms with Gasteiger partial charge < -0.3 is 5.11 Å². The van der Waals surface area contributed by atoms with Gasteiger partial charge in [-0.1, -0.05) is 0 Å². The molecule has 0 aliphatic carbocycles. The van der Waals surface area contributed by atoms with E-state index < -0.39 is 24.0 Å². The quantitative estimate of drug-likeness (QED) is 0.800. The van der Waals surface area contributed by atoms with Crippen molar-refractivity contribution < 1.29 is 27.9 Å². The van der Waals surface area contributed by atoms with E-state index in [9.17, 15) is 22.8 Å². The van der Waals surface area contributed by atoms with Crippen LogP contribution in [-0.2, 0) is 16.1 Å². The van der Waals surface area contributed by atoms with Gasteiger partial charge in [0.1, 0.15) is 6.33 Å². The van der Waals surface area contributed by atoms with Crippen molar-refractivity contribution in [3.8, 4) is 0 Å². The molecule has 1 rings (SSSR count). The zero-order valence-corrected chi connectivity index (χ0v) is 8.23. The zero-order chi connectivity index (χ0) is 13.1. The van der Waals surface area contributed by atoms with E-state index in [1.807, 2.05) is 0 Å². The summed E-state index contributed by atoms with van der Waals surface area (Å²) in [5.74, 6) is -3.80. The van der Waals surface area contributed by atoms with Crippen LogP contribution in [0.2, 0.25) is 0 Å². The van der Waals surface area contributed by atoms with Gasteiger partial charge in [-0.25, -0.2) is 4.98 Å². The topological polar surface area (TPSA) is 97.1 Å². The van der Waals surface area contributed by atoms with Crippen molar-refractivity contribution in [2.75, 3.05) is 5.32 Å². The Bertz CT molecular complexity index is 428. The number of hydrogen-bond donors (Lipinski definition) is 2. The first-order valence-electron chi connectivity index (χ1n) is 4.28. The van der Waals surface area contributed by atoms with Crippen LogP contribution in [0.5, 0.6) is 0 Å². The highest BCUT2D eigenvalue weighted by molar-refractivity contribution is 5.93. The number of hydrogen-bond acceptors (Lipinski definition) is 4. The summed E-state index contributed by atoms with van der Waals surface area (Å²) in [5.41, 5.74) is 0. The van der Waals surface area contributed by atoms with Crippen molar-refractivity contribution >= 4 is 17.8 Å². The first kappa shape index (κ1) is 12.9. The van der Waals surface area contributed by atoms with Crippen molar-refractivity contribution in [1.82, 2.24) is 14.8 Å². The molecule has 0 radical (unpaired) electrons. The number of amides is 1. The minimum Gasteiger partial charge on any atom is -0.481 e. The maximum absolute atomic E-state index is 11.8. The lowest BCUT2D eigenvalue weighted by molar-refractivity contribution is -0.167. The molecule has 1 aromatic rings. The van der Waals surface area contributed by atoms with Gasteiger partial charge in [-0.15, -0.1) is 5.10 Å². The minimum atomic E-state index is -5.02. The Labute approximate surface area is 92.2 Å². The fraction of sp³-hybridized carbons (Fsp3) is 0.429. The summed E-state index contributed by atoms with van der Waals surface area (Å²) in [5, 5.41) is 13.2. The zero-order valence-electron chi connectivity index (χ0n) is 8.23. The molecule has 7 nitrogen and oxygen atoms in total. The van der Waals surface area contributed by atoms with E-state index in [1.54, 1.807) is 0 Å². The standard InChI is InChI=1S/C7H7F3N4O3/c8-7(9,10)5(17)12-6-11-3-14(13-6)2-1-4(15)16/h3H,1-2H2,(H,15,16)(H,12,13,17). The number of carboxylic acids is 1. The summed E-state index contributed by atoms with van der Waals surface area (Å²) < 4.78 is 36.5. The number of carbonyl (C=O) groups excluding carboxylic acids is 1. The summed E-state index contributed by atoms with van der Waals surface area (Å²) in [7, 11) is 0. The first-order valence-corrected chi connectivity index (χ1v) is 4.28. The van der Waals surface area contributed by atoms with Crippen LogP contribution in [0.3, 0.4) is 0 Å². The fourth-order valence-electron chi connectivity index (χ4n) is 0.842. The van der Waals surface area contributed by atoms with Crippen LogP contribution in [0.1, 0.15) is 6.42 Å². The monoisotopic (exact) mass is 252 g/mol. The molecule has 0 saturated carbocycles. The molecule has 0 fully saturated rings. The Morgan fingerprint density at radius 2 is 2.12 bits per heavy atom. The van der Waals surface area contributed by atoms with Gasteiger partial charge in [0, 0.05) is 0 Å². The number of alkyl halides is 3. The number of rotatable bonds is 4. The Kier molecular flexibility index (Phi) is 3.66. The normalized spacial score (nSPS) is 11.2. The second-order valence-electron chi connectivity index (χ2n) is 2.93. The molecule has 0 spiro atoms. The van der Waals surface area contributed by atoms with E-state index >= 15 is 0 Å². The number of nitrogens with one attached hydrogen (secondary N) is 1. The number of carbonyl (C=O) groups is 2. The Morgan fingerprint density at radius 3 is 2.65 bits per heavy atom. The summed E-state index contributed by atoms with van der Waals surface area (Å²) in [6, 6.07) is 0. The molecular weight excluding hydrogens is 245 g/mol. The third kappa shape index (κ3) is 4.09. The predicted octanol–water partition coefficient (Wildman–Crippen LogP) is 0.254. The first-order chi connectivity index (χ1) is 7.79. The molecular formula is C7H7F3N4O3. The summed E-state index contributed by atoms with van der Waals surface area (Å²) in [6.07, 6.45) is -4.25. The molecule has 1 aromatic heterocycles. The maximum Gasteiger partial charge on any atom is 0.471 e. The van der Waals surface area contributed by atoms with E-state index in [0.717, 1.165) is 11.0 Å². The second-order valence-corrected chi connectivity index (χ2v) is 2.93. The third-order valence-electron chi connectivity index (χ3n) is 1.57. The van der Waals surface area contributed by atoms with Gasteiger partial charge in [-0.05, 0) is 0 Å². The van der Waals surface area contributed by atoms with E-state index in [4.69, 9.17) is 5.11 Å². The van der Waals surface area contributed by atoms with Crippen LogP contribution in [0.25, 0.3) is 0 Å². The van der Waals surface area contributed by atoms with E-state index in [-0.39, 0.29) is 13.0 Å². The summed E-state index contributed by atoms with van der Waals surface area (Å²) >= 11 is 0.